The third-order valence-corrected chi connectivity index (χ3v) is 5.18. The standard InChI is InChI=1S/C14H26O/c1-11(15-3)14(2)9-8-12-4-6-13(10-14)7-5-12/h11-13H,4-10H2,1-3H3. The molecule has 0 heterocycles. The Morgan fingerprint density at radius 1 is 1.07 bits per heavy atom. The van der Waals surface area contributed by atoms with Gasteiger partial charge in [0.15, 0.2) is 0 Å². The molecule has 2 unspecified atom stereocenters. The van der Waals surface area contributed by atoms with Crippen LogP contribution in [-0.2, 0) is 4.74 Å². The van der Waals surface area contributed by atoms with E-state index in [9.17, 15) is 0 Å². The van der Waals surface area contributed by atoms with Crippen molar-refractivity contribution < 1.29 is 4.74 Å². The number of rotatable bonds is 2. The van der Waals surface area contributed by atoms with Crippen LogP contribution in [0.25, 0.3) is 0 Å². The van der Waals surface area contributed by atoms with Crippen LogP contribution < -0.4 is 0 Å². The second-order valence-corrected chi connectivity index (χ2v) is 6.16. The van der Waals surface area contributed by atoms with Gasteiger partial charge in [0.05, 0.1) is 6.10 Å². The summed E-state index contributed by atoms with van der Waals surface area (Å²) in [6.45, 7) is 4.71. The van der Waals surface area contributed by atoms with Crippen molar-refractivity contribution in [3.8, 4) is 0 Å². The molecule has 88 valence electrons. The Bertz CT molecular complexity index is 205. The SMILES string of the molecule is COC(C)C1(C)CCC2CCC(CC2)C1. The van der Waals surface area contributed by atoms with Crippen molar-refractivity contribution in [2.24, 2.45) is 17.3 Å². The normalized spacial score (nSPS) is 43.4. The molecular formula is C14H26O. The van der Waals surface area contributed by atoms with E-state index in [1.807, 2.05) is 7.11 Å². The van der Waals surface area contributed by atoms with E-state index in [0.29, 0.717) is 11.5 Å². The lowest BCUT2D eigenvalue weighted by molar-refractivity contribution is -0.0280. The maximum atomic E-state index is 5.60. The molecule has 3 aliphatic carbocycles. The van der Waals surface area contributed by atoms with E-state index in [4.69, 9.17) is 4.74 Å². The van der Waals surface area contributed by atoms with Crippen LogP contribution in [0.15, 0.2) is 0 Å². The van der Waals surface area contributed by atoms with Gasteiger partial charge in [-0.2, -0.15) is 0 Å². The molecule has 1 nitrogen and oxygen atoms in total. The Kier molecular flexibility index (Phi) is 3.39. The van der Waals surface area contributed by atoms with Gasteiger partial charge < -0.3 is 4.74 Å². The van der Waals surface area contributed by atoms with Gasteiger partial charge in [0.25, 0.3) is 0 Å². The number of hydrogen-bond donors (Lipinski definition) is 0. The fourth-order valence-corrected chi connectivity index (χ4v) is 3.67. The summed E-state index contributed by atoms with van der Waals surface area (Å²) in [5, 5.41) is 0. The van der Waals surface area contributed by atoms with Gasteiger partial charge in [-0.1, -0.05) is 32.6 Å². The molecule has 3 rings (SSSR count). The third kappa shape index (κ3) is 2.38. The van der Waals surface area contributed by atoms with E-state index in [-0.39, 0.29) is 0 Å². The van der Waals surface area contributed by atoms with Crippen LogP contribution in [0.2, 0.25) is 0 Å². The van der Waals surface area contributed by atoms with Gasteiger partial charge in [-0.15, -0.1) is 0 Å². The van der Waals surface area contributed by atoms with Crippen molar-refractivity contribution in [1.29, 1.82) is 0 Å². The van der Waals surface area contributed by atoms with Crippen molar-refractivity contribution in [1.82, 2.24) is 0 Å². The molecule has 0 aromatic carbocycles. The summed E-state index contributed by atoms with van der Waals surface area (Å²) in [6, 6.07) is 0. The molecule has 2 bridgehead atoms. The second kappa shape index (κ2) is 4.45. The molecule has 0 radical (unpaired) electrons. The first kappa shape index (κ1) is 11.4. The topological polar surface area (TPSA) is 9.23 Å². The molecule has 3 fully saturated rings. The highest BCUT2D eigenvalue weighted by molar-refractivity contribution is 4.89. The Hall–Kier alpha value is -0.0400. The second-order valence-electron chi connectivity index (χ2n) is 6.16. The Labute approximate surface area is 94.6 Å². The zero-order valence-corrected chi connectivity index (χ0v) is 10.6. The van der Waals surface area contributed by atoms with Gasteiger partial charge in [0.2, 0.25) is 0 Å². The van der Waals surface area contributed by atoms with Crippen molar-refractivity contribution in [3.05, 3.63) is 0 Å². The molecule has 2 atom stereocenters. The first-order chi connectivity index (χ1) is 7.14. The fourth-order valence-electron chi connectivity index (χ4n) is 3.67. The summed E-state index contributed by atoms with van der Waals surface area (Å²) >= 11 is 0. The minimum atomic E-state index is 0.428. The van der Waals surface area contributed by atoms with Crippen molar-refractivity contribution in [2.75, 3.05) is 7.11 Å². The van der Waals surface area contributed by atoms with Crippen molar-refractivity contribution in [2.45, 2.75) is 64.9 Å². The molecule has 3 saturated carbocycles. The first-order valence-corrected chi connectivity index (χ1v) is 6.67. The van der Waals surface area contributed by atoms with Crippen LogP contribution in [-0.4, -0.2) is 13.2 Å². The Balaban J connectivity index is 2.07. The molecule has 15 heavy (non-hydrogen) atoms. The maximum Gasteiger partial charge on any atom is 0.0596 e. The van der Waals surface area contributed by atoms with Crippen molar-refractivity contribution >= 4 is 0 Å². The predicted molar refractivity (Wildman–Crippen MR) is 63.9 cm³/mol. The minimum absolute atomic E-state index is 0.428. The van der Waals surface area contributed by atoms with Crippen LogP contribution in [0.3, 0.4) is 0 Å². The van der Waals surface area contributed by atoms with Crippen LogP contribution in [0.5, 0.6) is 0 Å². The number of methoxy groups -OCH3 is 1. The molecule has 0 aromatic rings. The van der Waals surface area contributed by atoms with Crippen LogP contribution in [0.1, 0.15) is 58.8 Å². The molecule has 0 amide bonds. The van der Waals surface area contributed by atoms with Gasteiger partial charge in [0.1, 0.15) is 0 Å². The summed E-state index contributed by atoms with van der Waals surface area (Å²) < 4.78 is 5.60. The zero-order chi connectivity index (χ0) is 10.9. The lowest BCUT2D eigenvalue weighted by atomic mass is 9.64. The summed E-state index contributed by atoms with van der Waals surface area (Å²) in [6.07, 6.45) is 10.6. The lowest BCUT2D eigenvalue weighted by Gasteiger charge is -2.44. The Morgan fingerprint density at radius 2 is 1.67 bits per heavy atom. The highest BCUT2D eigenvalue weighted by Crippen LogP contribution is 2.47. The summed E-state index contributed by atoms with van der Waals surface area (Å²) in [7, 11) is 1.87. The predicted octanol–water partition coefficient (Wildman–Crippen LogP) is 4.02. The van der Waals surface area contributed by atoms with Gasteiger partial charge in [-0.05, 0) is 43.4 Å². The monoisotopic (exact) mass is 210 g/mol. The average molecular weight is 210 g/mol. The first-order valence-electron chi connectivity index (χ1n) is 6.67. The number of hydrogen-bond acceptors (Lipinski definition) is 1. The van der Waals surface area contributed by atoms with Gasteiger partial charge in [-0.3, -0.25) is 0 Å². The molecule has 0 aliphatic heterocycles. The molecule has 1 heteroatoms. The van der Waals surface area contributed by atoms with E-state index in [1.165, 1.54) is 44.9 Å². The summed E-state index contributed by atoms with van der Waals surface area (Å²) in [5.74, 6) is 2.02. The summed E-state index contributed by atoms with van der Waals surface area (Å²) in [4.78, 5) is 0. The summed E-state index contributed by atoms with van der Waals surface area (Å²) in [5.41, 5.74) is 0.443. The molecule has 3 aliphatic rings. The van der Waals surface area contributed by atoms with Gasteiger partial charge in [0, 0.05) is 7.11 Å². The average Bonchev–Trinajstić information content (AvgIpc) is 2.23. The molecule has 0 N–H and O–H groups in total. The van der Waals surface area contributed by atoms with Crippen molar-refractivity contribution in [3.63, 3.8) is 0 Å². The maximum absolute atomic E-state index is 5.60. The van der Waals surface area contributed by atoms with E-state index in [0.717, 1.165) is 11.8 Å². The largest absolute Gasteiger partial charge is 0.381 e. The fraction of sp³-hybridized carbons (Fsp3) is 1.00. The molecule has 0 saturated heterocycles. The quantitative estimate of drug-likeness (QED) is 0.669. The molecule has 0 aromatic heterocycles. The van der Waals surface area contributed by atoms with Crippen LogP contribution in [0.4, 0.5) is 0 Å². The number of fused-ring (bicyclic) bond motifs is 5. The zero-order valence-electron chi connectivity index (χ0n) is 10.6. The molecule has 0 spiro atoms. The molecular weight excluding hydrogens is 184 g/mol. The smallest absolute Gasteiger partial charge is 0.0596 e. The number of ether oxygens (including phenoxy) is 1. The minimum Gasteiger partial charge on any atom is -0.381 e. The van der Waals surface area contributed by atoms with E-state index in [1.54, 1.807) is 0 Å². The van der Waals surface area contributed by atoms with E-state index in [2.05, 4.69) is 13.8 Å². The van der Waals surface area contributed by atoms with E-state index < -0.39 is 0 Å². The highest BCUT2D eigenvalue weighted by atomic mass is 16.5. The van der Waals surface area contributed by atoms with Crippen LogP contribution >= 0.6 is 0 Å². The Morgan fingerprint density at radius 3 is 2.27 bits per heavy atom. The lowest BCUT2D eigenvalue weighted by Crippen LogP contribution is -2.37. The highest BCUT2D eigenvalue weighted by Gasteiger charge is 2.38. The van der Waals surface area contributed by atoms with E-state index >= 15 is 0 Å². The third-order valence-electron chi connectivity index (χ3n) is 5.18. The van der Waals surface area contributed by atoms with Gasteiger partial charge >= 0.3 is 0 Å². The van der Waals surface area contributed by atoms with Gasteiger partial charge in [-0.25, -0.2) is 0 Å². The van der Waals surface area contributed by atoms with Crippen LogP contribution in [0, 0.1) is 17.3 Å².